The Kier molecular flexibility index (Phi) is 11.1. The monoisotopic (exact) mass is 291 g/mol. The van der Waals surface area contributed by atoms with E-state index in [-0.39, 0.29) is 18.0 Å². The molecule has 0 spiro atoms. The van der Waals surface area contributed by atoms with E-state index in [2.05, 4.69) is 39.3 Å². The molecule has 0 saturated carbocycles. The quantitative estimate of drug-likeness (QED) is 0.371. The minimum absolute atomic E-state index is 0.177. The van der Waals surface area contributed by atoms with Crippen LogP contribution in [0.3, 0.4) is 0 Å². The van der Waals surface area contributed by atoms with Crippen LogP contribution in [-0.4, -0.2) is 18.5 Å². The van der Waals surface area contributed by atoms with E-state index in [0.717, 1.165) is 19.4 Å². The van der Waals surface area contributed by atoms with Gasteiger partial charge in [0.05, 0.1) is 6.67 Å². The Bertz CT molecular complexity index is 211. The molecule has 0 heterocycles. The predicted octanol–water partition coefficient (Wildman–Crippen LogP) is 5.61. The van der Waals surface area contributed by atoms with E-state index in [1.54, 1.807) is 0 Å². The Morgan fingerprint density at radius 1 is 1.11 bits per heavy atom. The maximum Gasteiger partial charge on any atom is 0.0925 e. The Balaban J connectivity index is 3.76. The molecule has 0 aromatic carbocycles. The lowest BCUT2D eigenvalue weighted by atomic mass is 9.72. The van der Waals surface area contributed by atoms with E-state index >= 15 is 0 Å². The van der Waals surface area contributed by atoms with E-state index in [4.69, 9.17) is 0 Å². The van der Waals surface area contributed by atoms with Crippen molar-refractivity contribution < 1.29 is 4.39 Å². The Labute approximate surface area is 124 Å². The van der Waals surface area contributed by atoms with E-state index in [1.807, 2.05) is 11.9 Å². The van der Waals surface area contributed by atoms with Crippen LogP contribution < -0.4 is 4.72 Å². The van der Waals surface area contributed by atoms with Crippen molar-refractivity contribution in [3.63, 3.8) is 0 Å². The molecule has 0 amide bonds. The SMILES string of the molecule is CCCC(C)(CCCCCNSC(C)C)C(C)CF. The molecule has 3 heteroatoms. The van der Waals surface area contributed by atoms with Crippen molar-refractivity contribution in [3.05, 3.63) is 0 Å². The van der Waals surface area contributed by atoms with Gasteiger partial charge in [0.15, 0.2) is 0 Å². The molecule has 0 radical (unpaired) electrons. The summed E-state index contributed by atoms with van der Waals surface area (Å²) in [6.07, 6.45) is 7.20. The van der Waals surface area contributed by atoms with Crippen molar-refractivity contribution in [2.75, 3.05) is 13.2 Å². The molecule has 1 nitrogen and oxygen atoms in total. The van der Waals surface area contributed by atoms with Crippen molar-refractivity contribution in [1.82, 2.24) is 4.72 Å². The van der Waals surface area contributed by atoms with Gasteiger partial charge in [0.25, 0.3) is 0 Å². The fourth-order valence-electron chi connectivity index (χ4n) is 2.50. The predicted molar refractivity (Wildman–Crippen MR) is 87.4 cm³/mol. The maximum absolute atomic E-state index is 12.9. The fraction of sp³-hybridized carbons (Fsp3) is 1.00. The lowest BCUT2D eigenvalue weighted by Crippen LogP contribution is -2.27. The minimum atomic E-state index is -0.177. The van der Waals surface area contributed by atoms with Crippen LogP contribution >= 0.6 is 11.9 Å². The molecule has 0 fully saturated rings. The molecule has 0 rings (SSSR count). The van der Waals surface area contributed by atoms with Crippen LogP contribution in [0.25, 0.3) is 0 Å². The highest BCUT2D eigenvalue weighted by Gasteiger charge is 2.29. The van der Waals surface area contributed by atoms with Gasteiger partial charge in [0.1, 0.15) is 0 Å². The summed E-state index contributed by atoms with van der Waals surface area (Å²) in [6, 6.07) is 0. The van der Waals surface area contributed by atoms with Crippen molar-refractivity contribution >= 4 is 11.9 Å². The van der Waals surface area contributed by atoms with Gasteiger partial charge in [-0.05, 0) is 30.6 Å². The lowest BCUT2D eigenvalue weighted by molar-refractivity contribution is 0.132. The molecule has 0 aliphatic heterocycles. The molecule has 0 bridgehead atoms. The zero-order valence-corrected chi connectivity index (χ0v) is 14.4. The summed E-state index contributed by atoms with van der Waals surface area (Å²) in [4.78, 5) is 0. The van der Waals surface area contributed by atoms with Crippen LogP contribution in [0.2, 0.25) is 0 Å². The number of halogens is 1. The second-order valence-electron chi connectivity index (χ2n) is 6.33. The number of rotatable bonds is 12. The molecule has 1 N–H and O–H groups in total. The summed E-state index contributed by atoms with van der Waals surface area (Å²) < 4.78 is 16.3. The van der Waals surface area contributed by atoms with E-state index in [1.165, 1.54) is 25.7 Å². The molecule has 2 atom stereocenters. The van der Waals surface area contributed by atoms with Gasteiger partial charge in [-0.2, -0.15) is 0 Å². The summed E-state index contributed by atoms with van der Waals surface area (Å²) >= 11 is 1.81. The first-order valence-corrected chi connectivity index (χ1v) is 8.78. The minimum Gasteiger partial charge on any atom is -0.264 e. The number of alkyl halides is 1. The Hall–Kier alpha value is 0.240. The maximum atomic E-state index is 12.9. The van der Waals surface area contributed by atoms with Crippen LogP contribution in [0.15, 0.2) is 0 Å². The Morgan fingerprint density at radius 2 is 1.79 bits per heavy atom. The molecular weight excluding hydrogens is 257 g/mol. The second kappa shape index (κ2) is 11.0. The topological polar surface area (TPSA) is 12.0 Å². The summed E-state index contributed by atoms with van der Waals surface area (Å²) in [7, 11) is 0. The standard InChI is InChI=1S/C16H34FNS/c1-6-10-16(5,15(4)13-17)11-8-7-9-12-18-19-14(2)3/h14-15,18H,6-13H2,1-5H3. The molecule has 0 saturated heterocycles. The molecule has 0 aromatic rings. The highest BCUT2D eigenvalue weighted by Crippen LogP contribution is 2.38. The summed E-state index contributed by atoms with van der Waals surface area (Å²) in [5.74, 6) is 0.196. The van der Waals surface area contributed by atoms with E-state index < -0.39 is 0 Å². The largest absolute Gasteiger partial charge is 0.264 e. The van der Waals surface area contributed by atoms with Gasteiger partial charge in [-0.25, -0.2) is 0 Å². The summed E-state index contributed by atoms with van der Waals surface area (Å²) in [5, 5.41) is 0.651. The van der Waals surface area contributed by atoms with Gasteiger partial charge >= 0.3 is 0 Å². The molecule has 0 aliphatic rings. The first-order valence-electron chi connectivity index (χ1n) is 7.90. The average molecular weight is 292 g/mol. The zero-order valence-electron chi connectivity index (χ0n) is 13.6. The first-order chi connectivity index (χ1) is 8.96. The molecule has 0 aromatic heterocycles. The molecule has 0 aliphatic carbocycles. The summed E-state index contributed by atoms with van der Waals surface area (Å²) in [5.41, 5.74) is 0.198. The number of unbranched alkanes of at least 4 members (excludes halogenated alkanes) is 2. The van der Waals surface area contributed by atoms with Gasteiger partial charge < -0.3 is 0 Å². The molecule has 116 valence electrons. The summed E-state index contributed by atoms with van der Waals surface area (Å²) in [6.45, 7) is 11.9. The van der Waals surface area contributed by atoms with Gasteiger partial charge in [-0.1, -0.05) is 65.8 Å². The van der Waals surface area contributed by atoms with Crippen molar-refractivity contribution in [2.24, 2.45) is 11.3 Å². The normalized spacial score (nSPS) is 16.6. The Morgan fingerprint density at radius 3 is 2.32 bits per heavy atom. The lowest BCUT2D eigenvalue weighted by Gasteiger charge is -2.34. The van der Waals surface area contributed by atoms with Gasteiger partial charge in [0, 0.05) is 11.8 Å². The van der Waals surface area contributed by atoms with Gasteiger partial charge in [0.2, 0.25) is 0 Å². The number of hydrogen-bond acceptors (Lipinski definition) is 2. The zero-order chi connectivity index (χ0) is 14.7. The van der Waals surface area contributed by atoms with Crippen molar-refractivity contribution in [3.8, 4) is 0 Å². The fourth-order valence-corrected chi connectivity index (χ4v) is 3.10. The van der Waals surface area contributed by atoms with Gasteiger partial charge in [-0.3, -0.25) is 9.11 Å². The highest BCUT2D eigenvalue weighted by atomic mass is 32.2. The van der Waals surface area contributed by atoms with Crippen LogP contribution in [-0.2, 0) is 0 Å². The number of hydrogen-bond donors (Lipinski definition) is 1. The molecule has 2 unspecified atom stereocenters. The average Bonchev–Trinajstić information content (AvgIpc) is 2.36. The van der Waals surface area contributed by atoms with Crippen molar-refractivity contribution in [2.45, 2.75) is 78.4 Å². The van der Waals surface area contributed by atoms with Crippen LogP contribution in [0.4, 0.5) is 4.39 Å². The van der Waals surface area contributed by atoms with Crippen molar-refractivity contribution in [1.29, 1.82) is 0 Å². The smallest absolute Gasteiger partial charge is 0.0925 e. The van der Waals surface area contributed by atoms with Crippen LogP contribution in [0, 0.1) is 11.3 Å². The first kappa shape index (κ1) is 19.2. The third-order valence-electron chi connectivity index (χ3n) is 4.09. The van der Waals surface area contributed by atoms with Crippen LogP contribution in [0.5, 0.6) is 0 Å². The third-order valence-corrected chi connectivity index (χ3v) is 4.93. The highest BCUT2D eigenvalue weighted by molar-refractivity contribution is 7.97. The third kappa shape index (κ3) is 8.91. The van der Waals surface area contributed by atoms with E-state index in [9.17, 15) is 4.39 Å². The molecule has 19 heavy (non-hydrogen) atoms. The van der Waals surface area contributed by atoms with Crippen LogP contribution in [0.1, 0.15) is 73.1 Å². The van der Waals surface area contributed by atoms with Gasteiger partial charge in [-0.15, -0.1) is 0 Å². The van der Waals surface area contributed by atoms with E-state index in [0.29, 0.717) is 5.25 Å². The second-order valence-corrected chi connectivity index (χ2v) is 7.80. The molecular formula is C16H34FNS. The number of nitrogens with one attached hydrogen (secondary N) is 1.